The second-order valence-corrected chi connectivity index (χ2v) is 16.4. The fraction of sp³-hybridized carbons (Fsp3) is 0.565. The first kappa shape index (κ1) is 45.9. The summed E-state index contributed by atoms with van der Waals surface area (Å²) >= 11 is 0. The van der Waals surface area contributed by atoms with Crippen LogP contribution in [0, 0.1) is 35.8 Å². The standard InChI is InChI=1S/C21H25FN6.C13H20FN.C12H21N3/c1-14-13-27(20-12-24-17(10-23)11-25-20)7-8-28(14)15(2)21-18(22)9-16-5-3-4-6-19(16)26-21;1-5-6-7-12-10(4)8-11(14)13(15-12)9(2)3;1-4-7-15(9-10(2)3)12-6-5-11(13)8-14-12/h9,11-12,14-15H,3-8,13H2,1-2H3;8-9H,5-7H2,1-4H3;5-6,8,10H,4,7,9,13H2,1-3H3. The molecule has 4 aromatic rings. The van der Waals surface area contributed by atoms with Gasteiger partial charge in [0.2, 0.25) is 0 Å². The molecule has 12 heteroatoms. The van der Waals surface area contributed by atoms with Gasteiger partial charge in [0, 0.05) is 50.2 Å². The van der Waals surface area contributed by atoms with Crippen molar-refractivity contribution < 1.29 is 8.78 Å². The largest absolute Gasteiger partial charge is 0.397 e. The molecule has 0 aromatic carbocycles. The number of nitriles is 1. The average Bonchev–Trinajstić information content (AvgIpc) is 3.20. The maximum absolute atomic E-state index is 14.8. The predicted molar refractivity (Wildman–Crippen MR) is 232 cm³/mol. The van der Waals surface area contributed by atoms with E-state index < -0.39 is 0 Å². The maximum atomic E-state index is 14.8. The molecule has 1 aliphatic heterocycles. The Balaban J connectivity index is 0.000000211. The molecule has 1 saturated heterocycles. The molecule has 10 nitrogen and oxygen atoms in total. The molecule has 314 valence electrons. The van der Waals surface area contributed by atoms with E-state index in [1.807, 2.05) is 45.9 Å². The van der Waals surface area contributed by atoms with Gasteiger partial charge in [-0.2, -0.15) is 5.26 Å². The molecular formula is C46H66F2N10. The third-order valence-electron chi connectivity index (χ3n) is 10.7. The lowest BCUT2D eigenvalue weighted by atomic mass is 9.94. The third-order valence-corrected chi connectivity index (χ3v) is 10.7. The van der Waals surface area contributed by atoms with Crippen molar-refractivity contribution in [2.24, 2.45) is 5.92 Å². The number of hydrogen-bond donors (Lipinski definition) is 1. The summed E-state index contributed by atoms with van der Waals surface area (Å²) in [7, 11) is 0. The van der Waals surface area contributed by atoms with Gasteiger partial charge >= 0.3 is 0 Å². The number of halogens is 2. The number of pyridine rings is 3. The summed E-state index contributed by atoms with van der Waals surface area (Å²) in [5.41, 5.74) is 12.0. The Labute approximate surface area is 346 Å². The number of nitrogen functional groups attached to an aromatic ring is 1. The summed E-state index contributed by atoms with van der Waals surface area (Å²) in [6.07, 6.45) is 13.4. The number of anilines is 3. The Kier molecular flexibility index (Phi) is 17.7. The first-order chi connectivity index (χ1) is 27.8. The molecule has 0 spiro atoms. The van der Waals surface area contributed by atoms with Crippen LogP contribution in [0.25, 0.3) is 0 Å². The highest BCUT2D eigenvalue weighted by Gasteiger charge is 2.31. The van der Waals surface area contributed by atoms with Gasteiger partial charge in [-0.3, -0.25) is 14.9 Å². The van der Waals surface area contributed by atoms with Crippen molar-refractivity contribution in [3.63, 3.8) is 0 Å². The minimum Gasteiger partial charge on any atom is -0.397 e. The van der Waals surface area contributed by atoms with Crippen molar-refractivity contribution in [1.29, 1.82) is 5.26 Å². The van der Waals surface area contributed by atoms with Gasteiger partial charge in [-0.25, -0.2) is 23.7 Å². The third kappa shape index (κ3) is 12.9. The van der Waals surface area contributed by atoms with Crippen LogP contribution >= 0.6 is 0 Å². The van der Waals surface area contributed by atoms with Gasteiger partial charge < -0.3 is 15.5 Å². The first-order valence-electron chi connectivity index (χ1n) is 21.3. The van der Waals surface area contributed by atoms with Crippen molar-refractivity contribution in [1.82, 2.24) is 29.8 Å². The molecular weight excluding hydrogens is 731 g/mol. The Bertz CT molecular complexity index is 1910. The molecule has 6 rings (SSSR count). The van der Waals surface area contributed by atoms with Crippen LogP contribution in [0.15, 0.2) is 42.9 Å². The summed E-state index contributed by atoms with van der Waals surface area (Å²) < 4.78 is 28.3. The summed E-state index contributed by atoms with van der Waals surface area (Å²) in [5, 5.41) is 8.87. The van der Waals surface area contributed by atoms with Gasteiger partial charge in [-0.1, -0.05) is 48.0 Å². The highest BCUT2D eigenvalue weighted by Crippen LogP contribution is 2.30. The number of nitrogens with two attached hydrogens (primary N) is 1. The van der Waals surface area contributed by atoms with Crippen molar-refractivity contribution in [3.05, 3.63) is 94.1 Å². The molecule has 0 saturated carbocycles. The number of aryl methyl sites for hydroxylation is 4. The molecule has 2 N–H and O–H groups in total. The van der Waals surface area contributed by atoms with E-state index in [9.17, 15) is 8.78 Å². The molecule has 2 aliphatic rings. The molecule has 1 aliphatic carbocycles. The van der Waals surface area contributed by atoms with E-state index in [0.29, 0.717) is 23.0 Å². The lowest BCUT2D eigenvalue weighted by Crippen LogP contribution is -2.53. The Morgan fingerprint density at radius 2 is 1.66 bits per heavy atom. The van der Waals surface area contributed by atoms with E-state index in [1.165, 1.54) is 6.20 Å². The molecule has 2 atom stereocenters. The van der Waals surface area contributed by atoms with Gasteiger partial charge in [0.25, 0.3) is 0 Å². The van der Waals surface area contributed by atoms with Gasteiger partial charge in [0.05, 0.1) is 41.7 Å². The smallest absolute Gasteiger partial charge is 0.158 e. The quantitative estimate of drug-likeness (QED) is 0.148. The van der Waals surface area contributed by atoms with Crippen LogP contribution in [0.4, 0.5) is 26.1 Å². The summed E-state index contributed by atoms with van der Waals surface area (Å²) in [6.45, 7) is 23.3. The average molecular weight is 797 g/mol. The highest BCUT2D eigenvalue weighted by atomic mass is 19.1. The fourth-order valence-corrected chi connectivity index (χ4v) is 7.60. The zero-order chi connectivity index (χ0) is 42.4. The topological polar surface area (TPSA) is 124 Å². The van der Waals surface area contributed by atoms with Crippen molar-refractivity contribution in [2.75, 3.05) is 48.3 Å². The van der Waals surface area contributed by atoms with Gasteiger partial charge in [0.15, 0.2) is 5.69 Å². The Morgan fingerprint density at radius 1 is 0.914 bits per heavy atom. The SMILES string of the molecule is CC1CN(c2cnc(C#N)cn2)CCN1C(C)c1nc2c(cc1F)CCCC2.CCCCc1nc(C(C)C)c(F)cc1C.CCCN(CC(C)C)c1ccc(N)cn1. The van der Waals surface area contributed by atoms with E-state index in [2.05, 4.69) is 69.3 Å². The van der Waals surface area contributed by atoms with Gasteiger partial charge in [-0.15, -0.1) is 0 Å². The van der Waals surface area contributed by atoms with Crippen LogP contribution in [-0.2, 0) is 19.3 Å². The van der Waals surface area contributed by atoms with E-state index in [-0.39, 0.29) is 29.6 Å². The van der Waals surface area contributed by atoms with Crippen molar-refractivity contribution in [3.8, 4) is 6.07 Å². The number of fused-ring (bicyclic) bond motifs is 1. The second kappa shape index (κ2) is 22.4. The monoisotopic (exact) mass is 797 g/mol. The van der Waals surface area contributed by atoms with Gasteiger partial charge in [0.1, 0.15) is 29.3 Å². The zero-order valence-corrected chi connectivity index (χ0v) is 36.4. The van der Waals surface area contributed by atoms with E-state index >= 15 is 0 Å². The van der Waals surface area contributed by atoms with Crippen LogP contribution < -0.4 is 15.5 Å². The molecule has 4 aromatic heterocycles. The van der Waals surface area contributed by atoms with Gasteiger partial charge in [-0.05, 0) is 113 Å². The summed E-state index contributed by atoms with van der Waals surface area (Å²) in [6, 6.07) is 9.37. The zero-order valence-electron chi connectivity index (χ0n) is 36.4. The molecule has 58 heavy (non-hydrogen) atoms. The van der Waals surface area contributed by atoms with Crippen LogP contribution in [0.5, 0.6) is 0 Å². The number of unbranched alkanes of at least 4 members (excludes halogenated alkanes) is 1. The fourth-order valence-electron chi connectivity index (χ4n) is 7.60. The summed E-state index contributed by atoms with van der Waals surface area (Å²) in [4.78, 5) is 28.8. The first-order valence-corrected chi connectivity index (χ1v) is 21.3. The molecule has 1 fully saturated rings. The number of piperazine rings is 1. The normalized spacial score (nSPS) is 15.8. The number of rotatable bonds is 12. The Morgan fingerprint density at radius 3 is 2.26 bits per heavy atom. The van der Waals surface area contributed by atoms with Crippen molar-refractivity contribution in [2.45, 2.75) is 132 Å². The van der Waals surface area contributed by atoms with Crippen molar-refractivity contribution >= 4 is 17.3 Å². The molecule has 0 radical (unpaired) electrons. The van der Waals surface area contributed by atoms with E-state index in [4.69, 9.17) is 16.0 Å². The number of nitrogens with zero attached hydrogens (tertiary/aromatic N) is 9. The van der Waals surface area contributed by atoms with Crippen LogP contribution in [0.3, 0.4) is 0 Å². The summed E-state index contributed by atoms with van der Waals surface area (Å²) in [5.74, 6) is 2.27. The lowest BCUT2D eigenvalue weighted by Gasteiger charge is -2.43. The molecule has 0 amide bonds. The van der Waals surface area contributed by atoms with E-state index in [0.717, 1.165) is 124 Å². The molecule has 5 heterocycles. The number of hydrogen-bond acceptors (Lipinski definition) is 10. The van der Waals surface area contributed by atoms with Crippen LogP contribution in [-0.4, -0.2) is 68.6 Å². The molecule has 0 bridgehead atoms. The lowest BCUT2D eigenvalue weighted by molar-refractivity contribution is 0.133. The van der Waals surface area contributed by atoms with Crippen LogP contribution in [0.2, 0.25) is 0 Å². The minimum atomic E-state index is -0.180. The van der Waals surface area contributed by atoms with Crippen LogP contribution in [0.1, 0.15) is 139 Å². The maximum Gasteiger partial charge on any atom is 0.158 e. The second-order valence-electron chi connectivity index (χ2n) is 16.4. The molecule has 2 unspecified atom stereocenters. The van der Waals surface area contributed by atoms with E-state index in [1.54, 1.807) is 24.5 Å². The highest BCUT2D eigenvalue weighted by molar-refractivity contribution is 5.45. The predicted octanol–water partition coefficient (Wildman–Crippen LogP) is 9.56. The Hall–Kier alpha value is -4.76. The number of aromatic nitrogens is 5. The minimum absolute atomic E-state index is 0.0728.